The molecule has 0 spiro atoms. The van der Waals surface area contributed by atoms with Crippen LogP contribution in [0.2, 0.25) is 0 Å². The molecule has 0 saturated carbocycles. The smallest absolute Gasteiger partial charge is 0.320 e. The van der Waals surface area contributed by atoms with E-state index in [9.17, 15) is 18.4 Å². The van der Waals surface area contributed by atoms with Gasteiger partial charge in [-0.2, -0.15) is 0 Å². The molecule has 2 amide bonds. The molecule has 1 aromatic carbocycles. The van der Waals surface area contributed by atoms with Gasteiger partial charge in [0.15, 0.2) is 0 Å². The predicted molar refractivity (Wildman–Crippen MR) is 138 cm³/mol. The lowest BCUT2D eigenvalue weighted by atomic mass is 10.0. The van der Waals surface area contributed by atoms with Gasteiger partial charge in [-0.25, -0.2) is 22.9 Å². The third-order valence-corrected chi connectivity index (χ3v) is 7.64. The Labute approximate surface area is 219 Å². The first kappa shape index (κ1) is 23.6. The van der Waals surface area contributed by atoms with E-state index in [1.54, 1.807) is 6.20 Å². The zero-order valence-electron chi connectivity index (χ0n) is 20.8. The fourth-order valence-electron chi connectivity index (χ4n) is 5.91. The van der Waals surface area contributed by atoms with Crippen molar-refractivity contribution in [2.24, 2.45) is 0 Å². The van der Waals surface area contributed by atoms with Gasteiger partial charge in [0.1, 0.15) is 11.5 Å². The first-order valence-electron chi connectivity index (χ1n) is 12.8. The van der Waals surface area contributed by atoms with Gasteiger partial charge in [0.25, 0.3) is 11.5 Å². The first-order valence-corrected chi connectivity index (χ1v) is 12.8. The number of aromatic amines is 2. The van der Waals surface area contributed by atoms with Crippen LogP contribution in [0.4, 0.5) is 18.0 Å². The number of amides is 2. The quantitative estimate of drug-likeness (QED) is 0.350. The van der Waals surface area contributed by atoms with Crippen LogP contribution < -0.4 is 5.56 Å². The van der Waals surface area contributed by atoms with Crippen LogP contribution in [0.5, 0.6) is 0 Å². The van der Waals surface area contributed by atoms with Crippen LogP contribution in [0.3, 0.4) is 0 Å². The Bertz CT molecular complexity index is 1820. The number of rotatable bonds is 2. The summed E-state index contributed by atoms with van der Waals surface area (Å²) in [5.41, 5.74) is 3.73. The van der Waals surface area contributed by atoms with Gasteiger partial charge in [-0.3, -0.25) is 19.4 Å². The number of hydrogen-bond donors (Lipinski definition) is 2. The van der Waals surface area contributed by atoms with Crippen molar-refractivity contribution in [2.45, 2.75) is 31.9 Å². The van der Waals surface area contributed by atoms with E-state index in [2.05, 4.69) is 15.2 Å². The molecule has 4 aromatic heterocycles. The zero-order chi connectivity index (χ0) is 26.9. The molecule has 9 nitrogen and oxygen atoms in total. The minimum Gasteiger partial charge on any atom is -0.345 e. The fraction of sp³-hybridized carbons (Fsp3) is 0.296. The number of alkyl halides is 2. The molecule has 1 fully saturated rings. The van der Waals surface area contributed by atoms with Crippen LogP contribution in [0.1, 0.15) is 18.4 Å². The van der Waals surface area contributed by atoms with Crippen LogP contribution in [-0.4, -0.2) is 65.5 Å². The lowest BCUT2D eigenvalue weighted by Crippen LogP contribution is -2.51. The summed E-state index contributed by atoms with van der Waals surface area (Å²) in [6.07, 6.45) is 5.29. The number of carbonyl (C=O) groups is 1. The summed E-state index contributed by atoms with van der Waals surface area (Å²) in [4.78, 5) is 33.3. The topological polar surface area (TPSA) is 94.4 Å². The van der Waals surface area contributed by atoms with Gasteiger partial charge in [-0.15, -0.1) is 0 Å². The van der Waals surface area contributed by atoms with Crippen molar-refractivity contribution in [1.82, 2.24) is 33.9 Å². The SMILES string of the molecule is O=C(N1CCn2cc(-c3[nH][nH]c(=O)c3-c3cnc4ccccn34)c3cc(F)cc(c32)C1)N1CCCC(F)(F)C1. The molecule has 0 bridgehead atoms. The lowest BCUT2D eigenvalue weighted by molar-refractivity contribution is -0.0557. The van der Waals surface area contributed by atoms with Gasteiger partial charge in [0.05, 0.1) is 35.2 Å². The molecular formula is C27H24F3N7O2. The van der Waals surface area contributed by atoms with Gasteiger partial charge in [0.2, 0.25) is 0 Å². The summed E-state index contributed by atoms with van der Waals surface area (Å²) in [6.45, 7) is 0.397. The van der Waals surface area contributed by atoms with Gasteiger partial charge >= 0.3 is 6.03 Å². The van der Waals surface area contributed by atoms with E-state index in [1.165, 1.54) is 21.9 Å². The molecule has 12 heteroatoms. The minimum absolute atomic E-state index is 0.0857. The monoisotopic (exact) mass is 535 g/mol. The Balaban J connectivity index is 1.31. The molecule has 0 atom stereocenters. The van der Waals surface area contributed by atoms with Gasteiger partial charge in [-0.1, -0.05) is 6.07 Å². The standard InChI is InChI=1S/C27H24F3N7O2/c28-17-10-16-13-35(26(39)36-6-3-5-27(29,30)15-36)9-8-34-14-19(18(11-17)24(16)34)23-22(25(38)33-32-23)20-12-31-21-4-1-2-7-37(20)21/h1-2,4,7,10-12,14H,3,5-6,8-9,13,15H2,(H2,32,33,38). The summed E-state index contributed by atoms with van der Waals surface area (Å²) in [5, 5.41) is 6.21. The number of imidazole rings is 1. The largest absolute Gasteiger partial charge is 0.345 e. The maximum absolute atomic E-state index is 15.0. The molecule has 0 unspecified atom stereocenters. The van der Waals surface area contributed by atoms with Crippen molar-refractivity contribution in [2.75, 3.05) is 19.6 Å². The number of piperidine rings is 1. The number of H-pyrrole nitrogens is 2. The van der Waals surface area contributed by atoms with Crippen LogP contribution >= 0.6 is 0 Å². The Morgan fingerprint density at radius 2 is 1.95 bits per heavy atom. The van der Waals surface area contributed by atoms with Crippen molar-refractivity contribution >= 4 is 22.6 Å². The number of nitrogens with zero attached hydrogens (tertiary/aromatic N) is 5. The van der Waals surface area contributed by atoms with Crippen molar-refractivity contribution in [3.8, 4) is 22.5 Å². The maximum atomic E-state index is 15.0. The predicted octanol–water partition coefficient (Wildman–Crippen LogP) is 4.45. The van der Waals surface area contributed by atoms with E-state index in [0.29, 0.717) is 45.7 Å². The highest BCUT2D eigenvalue weighted by molar-refractivity contribution is 6.00. The molecular weight excluding hydrogens is 511 g/mol. The molecule has 39 heavy (non-hydrogen) atoms. The molecule has 5 aromatic rings. The van der Waals surface area contributed by atoms with E-state index >= 15 is 4.39 Å². The Kier molecular flexibility index (Phi) is 5.16. The molecule has 2 aliphatic heterocycles. The van der Waals surface area contributed by atoms with Gasteiger partial charge in [0, 0.05) is 55.9 Å². The molecule has 0 aliphatic carbocycles. The van der Waals surface area contributed by atoms with E-state index in [4.69, 9.17) is 0 Å². The lowest BCUT2D eigenvalue weighted by Gasteiger charge is -2.36. The molecule has 7 rings (SSSR count). The average Bonchev–Trinajstić information content (AvgIpc) is 3.56. The summed E-state index contributed by atoms with van der Waals surface area (Å²) in [6, 6.07) is 7.86. The van der Waals surface area contributed by atoms with Gasteiger partial charge < -0.3 is 14.4 Å². The third kappa shape index (κ3) is 3.81. The molecule has 2 N–H and O–H groups in total. The van der Waals surface area contributed by atoms with E-state index in [1.807, 2.05) is 39.6 Å². The number of urea groups is 1. The van der Waals surface area contributed by atoms with Crippen molar-refractivity contribution in [1.29, 1.82) is 0 Å². The Hall–Kier alpha value is -4.48. The average molecular weight is 536 g/mol. The number of aromatic nitrogens is 5. The number of carbonyl (C=O) groups excluding carboxylic acids is 1. The number of nitrogens with one attached hydrogen (secondary N) is 2. The zero-order valence-corrected chi connectivity index (χ0v) is 20.8. The highest BCUT2D eigenvalue weighted by Gasteiger charge is 2.39. The van der Waals surface area contributed by atoms with Gasteiger partial charge in [-0.05, 0) is 36.2 Å². The van der Waals surface area contributed by atoms with Crippen molar-refractivity contribution in [3.05, 3.63) is 70.7 Å². The number of pyridine rings is 1. The highest BCUT2D eigenvalue weighted by atomic mass is 19.3. The number of hydrogen-bond acceptors (Lipinski definition) is 3. The second-order valence-corrected chi connectivity index (χ2v) is 10.2. The fourth-order valence-corrected chi connectivity index (χ4v) is 5.91. The second kappa shape index (κ2) is 8.52. The second-order valence-electron chi connectivity index (χ2n) is 10.2. The molecule has 6 heterocycles. The minimum atomic E-state index is -2.90. The summed E-state index contributed by atoms with van der Waals surface area (Å²) in [7, 11) is 0. The van der Waals surface area contributed by atoms with Crippen molar-refractivity contribution < 1.29 is 18.0 Å². The number of halogens is 3. The molecule has 1 saturated heterocycles. The normalized spacial score (nSPS) is 17.2. The Morgan fingerprint density at radius 3 is 2.79 bits per heavy atom. The number of likely N-dealkylation sites (tertiary alicyclic amines) is 1. The summed E-state index contributed by atoms with van der Waals surface area (Å²) in [5.74, 6) is -3.40. The van der Waals surface area contributed by atoms with E-state index in [0.717, 1.165) is 5.52 Å². The van der Waals surface area contributed by atoms with E-state index < -0.39 is 24.3 Å². The first-order chi connectivity index (χ1) is 18.8. The molecule has 200 valence electrons. The van der Waals surface area contributed by atoms with Crippen molar-refractivity contribution in [3.63, 3.8) is 0 Å². The third-order valence-electron chi connectivity index (χ3n) is 7.64. The van der Waals surface area contributed by atoms with Crippen LogP contribution in [0, 0.1) is 5.82 Å². The Morgan fingerprint density at radius 1 is 1.08 bits per heavy atom. The number of benzene rings is 1. The maximum Gasteiger partial charge on any atom is 0.320 e. The molecule has 0 radical (unpaired) electrons. The number of fused-ring (bicyclic) bond motifs is 1. The summed E-state index contributed by atoms with van der Waals surface area (Å²) >= 11 is 0. The van der Waals surface area contributed by atoms with Crippen LogP contribution in [-0.2, 0) is 13.1 Å². The van der Waals surface area contributed by atoms with Crippen LogP contribution in [0.25, 0.3) is 39.1 Å². The molecule has 2 aliphatic rings. The highest BCUT2D eigenvalue weighted by Crippen LogP contribution is 2.38. The van der Waals surface area contributed by atoms with Crippen LogP contribution in [0.15, 0.2) is 53.7 Å². The summed E-state index contributed by atoms with van der Waals surface area (Å²) < 4.78 is 46.7. The van der Waals surface area contributed by atoms with E-state index in [-0.39, 0.29) is 38.0 Å².